The van der Waals surface area contributed by atoms with Gasteiger partial charge >= 0.3 is 0 Å². The number of carbonyl (C=O) groups is 1. The summed E-state index contributed by atoms with van der Waals surface area (Å²) in [5.41, 5.74) is 1.34. The number of furan rings is 1. The predicted molar refractivity (Wildman–Crippen MR) is 119 cm³/mol. The average molecular weight is 476 g/mol. The largest absolute Gasteiger partial charge is 0.468 e. The van der Waals surface area contributed by atoms with Gasteiger partial charge in [0.2, 0.25) is 26.0 Å². The number of sulfonamides is 2. The first-order valence-electron chi connectivity index (χ1n) is 9.29. The quantitative estimate of drug-likeness (QED) is 0.426. The zero-order valence-corrected chi connectivity index (χ0v) is 18.6. The Morgan fingerprint density at radius 1 is 1.06 bits per heavy atom. The lowest BCUT2D eigenvalue weighted by molar-refractivity contribution is -0.111. The first-order valence-corrected chi connectivity index (χ1v) is 12.3. The lowest BCUT2D eigenvalue weighted by Gasteiger charge is -2.07. The second kappa shape index (κ2) is 9.49. The van der Waals surface area contributed by atoms with Gasteiger partial charge in [-0.1, -0.05) is 18.2 Å². The Bertz CT molecular complexity index is 1350. The minimum Gasteiger partial charge on any atom is -0.468 e. The minimum absolute atomic E-state index is 0.0311. The number of rotatable bonds is 8. The Labute approximate surface area is 186 Å². The van der Waals surface area contributed by atoms with E-state index in [0.29, 0.717) is 16.9 Å². The molecule has 0 aliphatic rings. The van der Waals surface area contributed by atoms with Gasteiger partial charge in [0.25, 0.3) is 0 Å². The fourth-order valence-electron chi connectivity index (χ4n) is 2.76. The molecule has 32 heavy (non-hydrogen) atoms. The normalized spacial score (nSPS) is 12.2. The van der Waals surface area contributed by atoms with Gasteiger partial charge in [0, 0.05) is 11.8 Å². The van der Waals surface area contributed by atoms with Crippen molar-refractivity contribution in [2.45, 2.75) is 23.3 Å². The van der Waals surface area contributed by atoms with Crippen molar-refractivity contribution in [3.05, 3.63) is 83.8 Å². The van der Waals surface area contributed by atoms with Crippen LogP contribution in [-0.2, 0) is 31.4 Å². The first kappa shape index (κ1) is 23.4. The number of benzene rings is 2. The molecule has 0 bridgehead atoms. The molecule has 2 aromatic carbocycles. The van der Waals surface area contributed by atoms with Crippen LogP contribution >= 0.6 is 0 Å². The van der Waals surface area contributed by atoms with Gasteiger partial charge in [-0.05, 0) is 60.5 Å². The molecule has 0 saturated heterocycles. The van der Waals surface area contributed by atoms with E-state index in [1.165, 1.54) is 42.7 Å². The van der Waals surface area contributed by atoms with Crippen molar-refractivity contribution in [2.24, 2.45) is 5.14 Å². The van der Waals surface area contributed by atoms with E-state index in [1.807, 2.05) is 0 Å². The second-order valence-electron chi connectivity index (χ2n) is 6.82. The Balaban J connectivity index is 1.64. The Morgan fingerprint density at radius 3 is 2.41 bits per heavy atom. The number of carbonyl (C=O) groups excluding carboxylic acids is 1. The molecule has 0 spiro atoms. The van der Waals surface area contributed by atoms with E-state index in [4.69, 9.17) is 9.56 Å². The van der Waals surface area contributed by atoms with Crippen LogP contribution in [0, 0.1) is 6.92 Å². The number of primary sulfonamides is 1. The highest BCUT2D eigenvalue weighted by Gasteiger charge is 2.14. The summed E-state index contributed by atoms with van der Waals surface area (Å²) < 4.78 is 55.4. The van der Waals surface area contributed by atoms with Crippen molar-refractivity contribution in [1.82, 2.24) is 4.72 Å². The van der Waals surface area contributed by atoms with Crippen LogP contribution in [0.4, 0.5) is 5.69 Å². The summed E-state index contributed by atoms with van der Waals surface area (Å²) in [6, 6.07) is 13.6. The summed E-state index contributed by atoms with van der Waals surface area (Å²) in [7, 11) is -7.63. The van der Waals surface area contributed by atoms with Crippen molar-refractivity contribution in [3.63, 3.8) is 0 Å². The molecule has 1 heterocycles. The van der Waals surface area contributed by atoms with E-state index in [2.05, 4.69) is 10.0 Å². The summed E-state index contributed by atoms with van der Waals surface area (Å²) in [4.78, 5) is 12.2. The van der Waals surface area contributed by atoms with Crippen molar-refractivity contribution < 1.29 is 26.0 Å². The molecule has 1 amide bonds. The minimum atomic E-state index is -3.91. The van der Waals surface area contributed by atoms with Gasteiger partial charge in [-0.2, -0.15) is 0 Å². The van der Waals surface area contributed by atoms with E-state index < -0.39 is 26.0 Å². The average Bonchev–Trinajstić information content (AvgIpc) is 3.26. The fraction of sp³-hybridized carbons (Fsp3) is 0.0952. The molecule has 3 aromatic rings. The summed E-state index contributed by atoms with van der Waals surface area (Å²) in [5, 5.41) is 7.73. The molecule has 11 heteroatoms. The number of hydrogen-bond donors (Lipinski definition) is 3. The van der Waals surface area contributed by atoms with Crippen LogP contribution in [0.3, 0.4) is 0 Å². The summed E-state index contributed by atoms with van der Waals surface area (Å²) in [5.74, 6) is -0.00469. The molecule has 0 atom stereocenters. The summed E-state index contributed by atoms with van der Waals surface area (Å²) >= 11 is 0. The van der Waals surface area contributed by atoms with Crippen molar-refractivity contribution in [2.75, 3.05) is 5.32 Å². The molecule has 0 fully saturated rings. The monoisotopic (exact) mass is 475 g/mol. The molecule has 1 aromatic heterocycles. The van der Waals surface area contributed by atoms with Crippen LogP contribution in [0.5, 0.6) is 0 Å². The van der Waals surface area contributed by atoms with Crippen LogP contribution < -0.4 is 15.2 Å². The molecule has 4 N–H and O–H groups in total. The molecule has 0 radical (unpaired) electrons. The van der Waals surface area contributed by atoms with Gasteiger partial charge in [0.05, 0.1) is 22.6 Å². The summed E-state index contributed by atoms with van der Waals surface area (Å²) in [6.45, 7) is 1.63. The van der Waals surface area contributed by atoms with E-state index in [0.717, 1.165) is 0 Å². The van der Waals surface area contributed by atoms with Crippen molar-refractivity contribution in [3.8, 4) is 0 Å². The molecule has 0 unspecified atom stereocenters. The predicted octanol–water partition coefficient (Wildman–Crippen LogP) is 2.37. The maximum absolute atomic E-state index is 12.3. The molecule has 3 rings (SSSR count). The topological polar surface area (TPSA) is 149 Å². The number of hydrogen-bond acceptors (Lipinski definition) is 6. The van der Waals surface area contributed by atoms with E-state index in [9.17, 15) is 21.6 Å². The first-order chi connectivity index (χ1) is 15.0. The van der Waals surface area contributed by atoms with Gasteiger partial charge < -0.3 is 9.73 Å². The van der Waals surface area contributed by atoms with Crippen LogP contribution in [0.2, 0.25) is 0 Å². The SMILES string of the molecule is Cc1ccc(NC(=O)/C=C/c2ccc(S(=O)(=O)NCc3ccco3)cc2)cc1S(N)(=O)=O. The highest BCUT2D eigenvalue weighted by Crippen LogP contribution is 2.19. The third kappa shape index (κ3) is 6.14. The van der Waals surface area contributed by atoms with E-state index in [1.54, 1.807) is 37.3 Å². The number of anilines is 1. The third-order valence-electron chi connectivity index (χ3n) is 4.40. The van der Waals surface area contributed by atoms with Gasteiger partial charge in [0.15, 0.2) is 0 Å². The number of nitrogens with one attached hydrogen (secondary N) is 2. The van der Waals surface area contributed by atoms with Crippen molar-refractivity contribution >= 4 is 37.7 Å². The third-order valence-corrected chi connectivity index (χ3v) is 6.87. The molecular formula is C21H21N3O6S2. The smallest absolute Gasteiger partial charge is 0.248 e. The Kier molecular flexibility index (Phi) is 6.94. The highest BCUT2D eigenvalue weighted by molar-refractivity contribution is 7.89. The second-order valence-corrected chi connectivity index (χ2v) is 10.1. The Hall–Kier alpha value is -3.25. The molecule has 168 valence electrons. The van der Waals surface area contributed by atoms with Gasteiger partial charge in [-0.25, -0.2) is 26.7 Å². The molecular weight excluding hydrogens is 454 g/mol. The van der Waals surface area contributed by atoms with Gasteiger partial charge in [0.1, 0.15) is 5.76 Å². The van der Waals surface area contributed by atoms with Crippen LogP contribution in [0.15, 0.2) is 81.1 Å². The zero-order valence-electron chi connectivity index (χ0n) is 17.0. The molecule has 0 saturated carbocycles. The number of aryl methyl sites for hydroxylation is 1. The zero-order chi connectivity index (χ0) is 23.4. The van der Waals surface area contributed by atoms with Crippen LogP contribution in [0.1, 0.15) is 16.9 Å². The van der Waals surface area contributed by atoms with Crippen molar-refractivity contribution in [1.29, 1.82) is 0 Å². The lowest BCUT2D eigenvalue weighted by Crippen LogP contribution is -2.22. The summed E-state index contributed by atoms with van der Waals surface area (Å²) in [6.07, 6.45) is 4.20. The van der Waals surface area contributed by atoms with Gasteiger partial charge in [-0.15, -0.1) is 0 Å². The molecule has 0 aliphatic heterocycles. The lowest BCUT2D eigenvalue weighted by atomic mass is 10.2. The van der Waals surface area contributed by atoms with E-state index in [-0.39, 0.29) is 22.0 Å². The Morgan fingerprint density at radius 2 is 1.78 bits per heavy atom. The number of nitrogens with two attached hydrogens (primary N) is 1. The maximum Gasteiger partial charge on any atom is 0.248 e. The molecule has 9 nitrogen and oxygen atoms in total. The van der Waals surface area contributed by atoms with Crippen LogP contribution in [0.25, 0.3) is 6.08 Å². The maximum atomic E-state index is 12.3. The highest BCUT2D eigenvalue weighted by atomic mass is 32.2. The molecule has 0 aliphatic carbocycles. The van der Waals surface area contributed by atoms with Crippen LogP contribution in [-0.4, -0.2) is 22.7 Å². The fourth-order valence-corrected chi connectivity index (χ4v) is 4.56. The van der Waals surface area contributed by atoms with E-state index >= 15 is 0 Å². The standard InChI is InChI=1S/C21H21N3O6S2/c1-15-4-8-17(13-20(15)31(22,26)27)24-21(25)11-7-16-5-9-19(10-6-16)32(28,29)23-14-18-3-2-12-30-18/h2-13,23H,14H2,1H3,(H,24,25)(H2,22,26,27)/b11-7+. The van der Waals surface area contributed by atoms with Gasteiger partial charge in [-0.3, -0.25) is 4.79 Å². The number of amides is 1.